The highest BCUT2D eigenvalue weighted by Gasteiger charge is 2.25. The van der Waals surface area contributed by atoms with Gasteiger partial charge in [0.2, 0.25) is 10.0 Å². The van der Waals surface area contributed by atoms with Crippen molar-refractivity contribution in [2.75, 3.05) is 32.4 Å². The topological polar surface area (TPSA) is 71.3 Å². The van der Waals surface area contributed by atoms with E-state index in [4.69, 9.17) is 4.98 Å². The van der Waals surface area contributed by atoms with Crippen molar-refractivity contribution in [1.29, 1.82) is 0 Å². The van der Waals surface area contributed by atoms with Gasteiger partial charge in [-0.2, -0.15) is 4.31 Å². The molecule has 3 aromatic rings. The molecule has 0 aliphatic carbocycles. The predicted molar refractivity (Wildman–Crippen MR) is 101 cm³/mol. The first kappa shape index (κ1) is 17.1. The van der Waals surface area contributed by atoms with E-state index >= 15 is 0 Å². The van der Waals surface area contributed by atoms with Crippen LogP contribution < -0.4 is 0 Å². The zero-order valence-electron chi connectivity index (χ0n) is 14.6. The number of pyridine rings is 1. The molecular weight excluding hydrogens is 350 g/mol. The van der Waals surface area contributed by atoms with Crippen molar-refractivity contribution < 1.29 is 8.42 Å². The average Bonchev–Trinajstić information content (AvgIpc) is 3.00. The Balaban J connectivity index is 1.63. The molecule has 3 heterocycles. The van der Waals surface area contributed by atoms with Crippen LogP contribution in [-0.4, -0.2) is 64.6 Å². The lowest BCUT2D eigenvalue weighted by Crippen LogP contribution is -2.48. The molecule has 0 N–H and O–H groups in total. The van der Waals surface area contributed by atoms with Gasteiger partial charge in [-0.1, -0.05) is 18.2 Å². The third-order valence-corrected chi connectivity index (χ3v) is 5.97. The maximum atomic E-state index is 11.7. The molecule has 2 aromatic heterocycles. The van der Waals surface area contributed by atoms with Gasteiger partial charge < -0.3 is 0 Å². The van der Waals surface area contributed by atoms with Crippen LogP contribution in [0, 0.1) is 0 Å². The van der Waals surface area contributed by atoms with E-state index in [1.807, 2.05) is 42.5 Å². The smallest absolute Gasteiger partial charge is 0.211 e. The van der Waals surface area contributed by atoms with E-state index in [0.717, 1.165) is 22.7 Å². The molecule has 0 unspecified atom stereocenters. The zero-order chi connectivity index (χ0) is 18.1. The first-order chi connectivity index (χ1) is 12.5. The van der Waals surface area contributed by atoms with E-state index in [2.05, 4.69) is 14.5 Å². The van der Waals surface area contributed by atoms with Gasteiger partial charge in [0.1, 0.15) is 11.3 Å². The maximum Gasteiger partial charge on any atom is 0.211 e. The Kier molecular flexibility index (Phi) is 4.47. The molecule has 1 aliphatic rings. The van der Waals surface area contributed by atoms with Crippen molar-refractivity contribution in [3.05, 3.63) is 54.5 Å². The first-order valence-corrected chi connectivity index (χ1v) is 10.4. The van der Waals surface area contributed by atoms with Crippen LogP contribution in [0.15, 0.2) is 48.7 Å². The van der Waals surface area contributed by atoms with E-state index in [1.165, 1.54) is 10.6 Å². The van der Waals surface area contributed by atoms with Gasteiger partial charge in [-0.25, -0.2) is 18.4 Å². The molecule has 1 aromatic carbocycles. The van der Waals surface area contributed by atoms with Crippen molar-refractivity contribution >= 4 is 21.2 Å². The number of fused-ring (bicyclic) bond motifs is 1. The van der Waals surface area contributed by atoms with Crippen LogP contribution >= 0.6 is 0 Å². The Morgan fingerprint density at radius 1 is 1.00 bits per heavy atom. The van der Waals surface area contributed by atoms with Crippen molar-refractivity contribution in [1.82, 2.24) is 23.7 Å². The molecule has 0 radical (unpaired) electrons. The van der Waals surface area contributed by atoms with E-state index in [-0.39, 0.29) is 0 Å². The fourth-order valence-electron chi connectivity index (χ4n) is 3.33. The van der Waals surface area contributed by atoms with Crippen LogP contribution in [0.3, 0.4) is 0 Å². The van der Waals surface area contributed by atoms with Crippen LogP contribution in [0.4, 0.5) is 0 Å². The highest BCUT2D eigenvalue weighted by atomic mass is 32.2. The molecule has 0 saturated carbocycles. The number of piperazine rings is 1. The molecule has 1 saturated heterocycles. The molecule has 26 heavy (non-hydrogen) atoms. The normalized spacial score (nSPS) is 17.0. The molecule has 136 valence electrons. The number of hydrogen-bond acceptors (Lipinski definition) is 5. The quantitative estimate of drug-likeness (QED) is 0.695. The lowest BCUT2D eigenvalue weighted by Gasteiger charge is -2.32. The van der Waals surface area contributed by atoms with Crippen LogP contribution in [0.2, 0.25) is 0 Å². The van der Waals surface area contributed by atoms with Gasteiger partial charge in [0, 0.05) is 38.1 Å². The second kappa shape index (κ2) is 6.79. The van der Waals surface area contributed by atoms with E-state index in [1.54, 1.807) is 6.20 Å². The molecule has 1 aliphatic heterocycles. The van der Waals surface area contributed by atoms with Crippen LogP contribution in [0.25, 0.3) is 16.9 Å². The van der Waals surface area contributed by atoms with Gasteiger partial charge in [-0.15, -0.1) is 0 Å². The molecule has 1 fully saturated rings. The predicted octanol–water partition coefficient (Wildman–Crippen LogP) is 1.50. The summed E-state index contributed by atoms with van der Waals surface area (Å²) in [6.07, 6.45) is 3.04. The number of imidazole rings is 1. The van der Waals surface area contributed by atoms with Crippen molar-refractivity contribution in [3.63, 3.8) is 0 Å². The Morgan fingerprint density at radius 2 is 1.73 bits per heavy atom. The number of sulfonamides is 1. The van der Waals surface area contributed by atoms with Gasteiger partial charge in [-0.05, 0) is 24.3 Å². The second-order valence-corrected chi connectivity index (χ2v) is 8.47. The molecule has 0 spiro atoms. The average molecular weight is 371 g/mol. The summed E-state index contributed by atoms with van der Waals surface area (Å²) >= 11 is 0. The molecule has 7 nitrogen and oxygen atoms in total. The lowest BCUT2D eigenvalue weighted by atomic mass is 10.3. The van der Waals surface area contributed by atoms with Crippen molar-refractivity contribution in [2.45, 2.75) is 6.54 Å². The number of aromatic nitrogens is 3. The highest BCUT2D eigenvalue weighted by Crippen LogP contribution is 2.21. The van der Waals surface area contributed by atoms with Gasteiger partial charge in [0.05, 0.1) is 12.8 Å². The van der Waals surface area contributed by atoms with E-state index in [9.17, 15) is 8.42 Å². The fraction of sp³-hybridized carbons (Fsp3) is 0.333. The molecule has 8 heteroatoms. The standard InChI is InChI=1S/C18H21N5O2S/c1-26(24,25)22-12-10-21(11-13-22)14-17-20-16-8-5-9-19-18(16)23(17)15-6-3-2-4-7-15/h2-9H,10-14H2,1H3. The summed E-state index contributed by atoms with van der Waals surface area (Å²) in [6, 6.07) is 13.9. The van der Waals surface area contributed by atoms with Gasteiger partial charge in [0.15, 0.2) is 5.65 Å². The number of nitrogens with zero attached hydrogens (tertiary/aromatic N) is 5. The summed E-state index contributed by atoms with van der Waals surface area (Å²) in [5.74, 6) is 0.915. The SMILES string of the molecule is CS(=O)(=O)N1CCN(Cc2nc3cccnc3n2-c2ccccc2)CC1. The van der Waals surface area contributed by atoms with Gasteiger partial charge in [-0.3, -0.25) is 9.47 Å². The van der Waals surface area contributed by atoms with Gasteiger partial charge in [0.25, 0.3) is 0 Å². The zero-order valence-corrected chi connectivity index (χ0v) is 15.4. The third kappa shape index (κ3) is 3.35. The van der Waals surface area contributed by atoms with Crippen LogP contribution in [0.1, 0.15) is 5.82 Å². The van der Waals surface area contributed by atoms with Crippen molar-refractivity contribution in [3.8, 4) is 5.69 Å². The minimum Gasteiger partial charge on any atom is -0.293 e. The number of para-hydroxylation sites is 1. The second-order valence-electron chi connectivity index (χ2n) is 6.48. The van der Waals surface area contributed by atoms with Crippen LogP contribution in [-0.2, 0) is 16.6 Å². The van der Waals surface area contributed by atoms with Gasteiger partial charge >= 0.3 is 0 Å². The molecule has 0 bridgehead atoms. The minimum absolute atomic E-state index is 0.517. The summed E-state index contributed by atoms with van der Waals surface area (Å²) < 4.78 is 27.0. The molecule has 0 amide bonds. The summed E-state index contributed by atoms with van der Waals surface area (Å²) in [7, 11) is -3.12. The lowest BCUT2D eigenvalue weighted by molar-refractivity contribution is 0.178. The van der Waals surface area contributed by atoms with Crippen molar-refractivity contribution in [2.24, 2.45) is 0 Å². The number of hydrogen-bond donors (Lipinski definition) is 0. The summed E-state index contributed by atoms with van der Waals surface area (Å²) in [5.41, 5.74) is 2.73. The Bertz CT molecular complexity index is 1010. The van der Waals surface area contributed by atoms with E-state index < -0.39 is 10.0 Å². The molecular formula is C18H21N5O2S. The monoisotopic (exact) mass is 371 g/mol. The Hall–Kier alpha value is -2.29. The minimum atomic E-state index is -3.12. The van der Waals surface area contributed by atoms with Crippen LogP contribution in [0.5, 0.6) is 0 Å². The Labute approximate surface area is 152 Å². The largest absolute Gasteiger partial charge is 0.293 e. The number of benzene rings is 1. The highest BCUT2D eigenvalue weighted by molar-refractivity contribution is 7.88. The van der Waals surface area contributed by atoms with E-state index in [0.29, 0.717) is 32.7 Å². The first-order valence-electron chi connectivity index (χ1n) is 8.57. The summed E-state index contributed by atoms with van der Waals surface area (Å²) in [6.45, 7) is 3.07. The molecule has 4 rings (SSSR count). The fourth-order valence-corrected chi connectivity index (χ4v) is 4.16. The summed E-state index contributed by atoms with van der Waals surface area (Å²) in [5, 5.41) is 0. The number of rotatable bonds is 4. The Morgan fingerprint density at radius 3 is 2.42 bits per heavy atom. The summed E-state index contributed by atoms with van der Waals surface area (Å²) in [4.78, 5) is 11.5. The maximum absolute atomic E-state index is 11.7. The third-order valence-electron chi connectivity index (χ3n) is 4.67. The molecule has 0 atom stereocenters.